The van der Waals surface area contributed by atoms with Crippen molar-refractivity contribution in [3.8, 4) is 0 Å². The molecule has 2 aromatic heterocycles. The van der Waals surface area contributed by atoms with E-state index in [1.165, 1.54) is 11.3 Å². The first kappa shape index (κ1) is 12.5. The van der Waals surface area contributed by atoms with Crippen molar-refractivity contribution < 1.29 is 14.3 Å². The molecule has 3 aromatic rings. The van der Waals surface area contributed by atoms with Crippen LogP contribution in [-0.4, -0.2) is 21.0 Å². The third kappa shape index (κ3) is 2.30. The molecule has 0 atom stereocenters. The standard InChI is InChI=1S/C13H8FN3O2S/c14-7-5-8(12(18)19)11(15-6-7)17-13-16-9-3-1-2-4-10(9)20-13/h1-6H,(H,18,19)(H,15,16,17). The number of carbonyl (C=O) groups is 1. The number of anilines is 2. The van der Waals surface area contributed by atoms with Crippen molar-refractivity contribution >= 4 is 38.5 Å². The second kappa shape index (κ2) is 4.86. The number of hydrogen-bond acceptors (Lipinski definition) is 5. The van der Waals surface area contributed by atoms with Gasteiger partial charge < -0.3 is 10.4 Å². The summed E-state index contributed by atoms with van der Waals surface area (Å²) in [5.41, 5.74) is 0.572. The van der Waals surface area contributed by atoms with E-state index in [2.05, 4.69) is 15.3 Å². The van der Waals surface area contributed by atoms with Crippen LogP contribution in [0.25, 0.3) is 10.2 Å². The number of halogens is 1. The molecule has 5 nitrogen and oxygen atoms in total. The summed E-state index contributed by atoms with van der Waals surface area (Å²) in [6.07, 6.45) is 0.960. The van der Waals surface area contributed by atoms with Gasteiger partial charge >= 0.3 is 5.97 Å². The van der Waals surface area contributed by atoms with Crippen LogP contribution in [0.5, 0.6) is 0 Å². The highest BCUT2D eigenvalue weighted by Gasteiger charge is 2.14. The van der Waals surface area contributed by atoms with Crippen LogP contribution in [0, 0.1) is 5.82 Å². The first-order chi connectivity index (χ1) is 9.63. The first-order valence-electron chi connectivity index (χ1n) is 5.65. The van der Waals surface area contributed by atoms with Gasteiger partial charge in [-0.2, -0.15) is 0 Å². The Kier molecular flexibility index (Phi) is 3.03. The molecular weight excluding hydrogens is 281 g/mol. The molecule has 0 radical (unpaired) electrons. The number of carboxylic acid groups (broad SMARTS) is 1. The highest BCUT2D eigenvalue weighted by atomic mass is 32.1. The molecule has 2 heterocycles. The minimum absolute atomic E-state index is 0.0676. The molecule has 0 unspecified atom stereocenters. The zero-order valence-corrected chi connectivity index (χ0v) is 10.8. The predicted molar refractivity (Wildman–Crippen MR) is 74.1 cm³/mol. The van der Waals surface area contributed by atoms with Gasteiger partial charge in [-0.1, -0.05) is 23.5 Å². The number of rotatable bonds is 3. The second-order valence-corrected chi connectivity index (χ2v) is 5.00. The Morgan fingerprint density at radius 2 is 2.15 bits per heavy atom. The van der Waals surface area contributed by atoms with Crippen LogP contribution in [0.15, 0.2) is 36.5 Å². The van der Waals surface area contributed by atoms with E-state index in [4.69, 9.17) is 5.11 Å². The molecule has 0 spiro atoms. The van der Waals surface area contributed by atoms with Crippen LogP contribution in [0.3, 0.4) is 0 Å². The average molecular weight is 289 g/mol. The number of thiazole rings is 1. The number of pyridine rings is 1. The second-order valence-electron chi connectivity index (χ2n) is 3.97. The van der Waals surface area contributed by atoms with E-state index in [9.17, 15) is 9.18 Å². The lowest BCUT2D eigenvalue weighted by Gasteiger charge is -2.05. The average Bonchev–Trinajstić information content (AvgIpc) is 2.82. The molecule has 2 N–H and O–H groups in total. The van der Waals surface area contributed by atoms with Crippen LogP contribution >= 0.6 is 11.3 Å². The van der Waals surface area contributed by atoms with Crippen molar-refractivity contribution in [3.63, 3.8) is 0 Å². The van der Waals surface area contributed by atoms with Crippen molar-refractivity contribution in [2.24, 2.45) is 0 Å². The van der Waals surface area contributed by atoms with Gasteiger partial charge in [0.1, 0.15) is 17.2 Å². The van der Waals surface area contributed by atoms with E-state index < -0.39 is 11.8 Å². The van der Waals surface area contributed by atoms with E-state index in [0.717, 1.165) is 22.5 Å². The topological polar surface area (TPSA) is 75.1 Å². The molecule has 0 bridgehead atoms. The fourth-order valence-electron chi connectivity index (χ4n) is 1.73. The van der Waals surface area contributed by atoms with Gasteiger partial charge in [0.15, 0.2) is 5.13 Å². The zero-order chi connectivity index (χ0) is 14.1. The summed E-state index contributed by atoms with van der Waals surface area (Å²) in [5.74, 6) is -1.88. The lowest BCUT2D eigenvalue weighted by molar-refractivity contribution is 0.0697. The highest BCUT2D eigenvalue weighted by molar-refractivity contribution is 7.22. The van der Waals surface area contributed by atoms with Crippen LogP contribution in [0.1, 0.15) is 10.4 Å². The third-order valence-corrected chi connectivity index (χ3v) is 3.56. The van der Waals surface area contributed by atoms with Gasteiger partial charge in [0.25, 0.3) is 0 Å². The fourth-order valence-corrected chi connectivity index (χ4v) is 2.59. The van der Waals surface area contributed by atoms with Gasteiger partial charge in [-0.05, 0) is 18.2 Å². The van der Waals surface area contributed by atoms with Gasteiger partial charge in [0, 0.05) is 0 Å². The summed E-state index contributed by atoms with van der Waals surface area (Å²) in [7, 11) is 0. The summed E-state index contributed by atoms with van der Waals surface area (Å²) < 4.78 is 14.0. The number of para-hydroxylation sites is 1. The molecule has 7 heteroatoms. The monoisotopic (exact) mass is 289 g/mol. The Morgan fingerprint density at radius 1 is 1.35 bits per heavy atom. The number of aromatic nitrogens is 2. The summed E-state index contributed by atoms with van der Waals surface area (Å²) in [6, 6.07) is 8.44. The normalized spacial score (nSPS) is 10.7. The molecule has 0 fully saturated rings. The molecule has 0 aliphatic heterocycles. The SMILES string of the molecule is O=C(O)c1cc(F)cnc1Nc1nc2ccccc2s1. The van der Waals surface area contributed by atoms with Crippen LogP contribution < -0.4 is 5.32 Å². The number of benzene rings is 1. The molecule has 3 rings (SSSR count). The molecule has 0 aliphatic rings. The lowest BCUT2D eigenvalue weighted by Crippen LogP contribution is -2.05. The molecule has 100 valence electrons. The summed E-state index contributed by atoms with van der Waals surface area (Å²) >= 11 is 1.37. The molecule has 0 aliphatic carbocycles. The molecule has 0 saturated heterocycles. The number of fused-ring (bicyclic) bond motifs is 1. The number of aromatic carboxylic acids is 1. The fraction of sp³-hybridized carbons (Fsp3) is 0. The third-order valence-electron chi connectivity index (χ3n) is 2.60. The lowest BCUT2D eigenvalue weighted by atomic mass is 10.2. The van der Waals surface area contributed by atoms with Crippen molar-refractivity contribution in [2.75, 3.05) is 5.32 Å². The van der Waals surface area contributed by atoms with Gasteiger partial charge in [-0.3, -0.25) is 0 Å². The number of nitrogens with one attached hydrogen (secondary N) is 1. The molecular formula is C13H8FN3O2S. The minimum Gasteiger partial charge on any atom is -0.478 e. The Morgan fingerprint density at radius 3 is 2.90 bits per heavy atom. The summed E-state index contributed by atoms with van der Waals surface area (Å²) in [6.45, 7) is 0. The van der Waals surface area contributed by atoms with E-state index >= 15 is 0 Å². The predicted octanol–water partition coefficient (Wildman–Crippen LogP) is 3.27. The maximum absolute atomic E-state index is 13.0. The molecule has 20 heavy (non-hydrogen) atoms. The summed E-state index contributed by atoms with van der Waals surface area (Å²) in [4.78, 5) is 19.1. The molecule has 1 aromatic carbocycles. The Labute approximate surface area is 116 Å². The largest absolute Gasteiger partial charge is 0.478 e. The van der Waals surface area contributed by atoms with Crippen molar-refractivity contribution in [1.82, 2.24) is 9.97 Å². The van der Waals surface area contributed by atoms with Crippen LogP contribution in [-0.2, 0) is 0 Å². The van der Waals surface area contributed by atoms with Crippen molar-refractivity contribution in [2.45, 2.75) is 0 Å². The highest BCUT2D eigenvalue weighted by Crippen LogP contribution is 2.28. The molecule has 0 amide bonds. The smallest absolute Gasteiger partial charge is 0.339 e. The maximum atomic E-state index is 13.0. The van der Waals surface area contributed by atoms with E-state index in [1.54, 1.807) is 0 Å². The minimum atomic E-state index is -1.25. The number of carboxylic acids is 1. The Hall–Kier alpha value is -2.54. The molecule has 0 saturated carbocycles. The summed E-state index contributed by atoms with van der Waals surface area (Å²) in [5, 5.41) is 12.4. The van der Waals surface area contributed by atoms with Crippen LogP contribution in [0.4, 0.5) is 15.3 Å². The van der Waals surface area contributed by atoms with Crippen LogP contribution in [0.2, 0.25) is 0 Å². The zero-order valence-electron chi connectivity index (χ0n) is 10.0. The quantitative estimate of drug-likeness (QED) is 0.774. The van der Waals surface area contributed by atoms with Gasteiger partial charge in [-0.25, -0.2) is 19.2 Å². The van der Waals surface area contributed by atoms with Gasteiger partial charge in [0.05, 0.1) is 16.4 Å². The van der Waals surface area contributed by atoms with E-state index in [1.807, 2.05) is 24.3 Å². The van der Waals surface area contributed by atoms with E-state index in [0.29, 0.717) is 5.13 Å². The van der Waals surface area contributed by atoms with Crippen molar-refractivity contribution in [3.05, 3.63) is 47.9 Å². The number of hydrogen-bond donors (Lipinski definition) is 2. The van der Waals surface area contributed by atoms with E-state index in [-0.39, 0.29) is 11.4 Å². The van der Waals surface area contributed by atoms with Gasteiger partial charge in [-0.15, -0.1) is 0 Å². The maximum Gasteiger partial charge on any atom is 0.339 e. The first-order valence-corrected chi connectivity index (χ1v) is 6.46. The Bertz CT molecular complexity index is 770. The van der Waals surface area contributed by atoms with Crippen molar-refractivity contribution in [1.29, 1.82) is 0 Å². The van der Waals surface area contributed by atoms with Gasteiger partial charge in [0.2, 0.25) is 0 Å². The number of nitrogens with zero attached hydrogens (tertiary/aromatic N) is 2. The Balaban J connectivity index is 2.00.